The number of carbonyl (C=O) groups excluding carboxylic acids is 1. The van der Waals surface area contributed by atoms with E-state index in [0.717, 1.165) is 54.6 Å². The lowest BCUT2D eigenvalue weighted by Gasteiger charge is -2.24. The van der Waals surface area contributed by atoms with E-state index in [0.29, 0.717) is 5.92 Å². The van der Waals surface area contributed by atoms with Crippen molar-refractivity contribution in [3.05, 3.63) is 53.5 Å². The summed E-state index contributed by atoms with van der Waals surface area (Å²) in [6, 6.07) is 12.3. The number of rotatable bonds is 7. The Labute approximate surface area is 149 Å². The Hall–Kier alpha value is -2.07. The van der Waals surface area contributed by atoms with Crippen LogP contribution >= 0.6 is 0 Å². The number of nitrogens with one attached hydrogen (secondary N) is 2. The van der Waals surface area contributed by atoms with Gasteiger partial charge in [0.25, 0.3) is 0 Å². The summed E-state index contributed by atoms with van der Waals surface area (Å²) < 4.78 is 5.92. The monoisotopic (exact) mass is 338 g/mol. The number of carbonyl (C=O) groups is 1. The van der Waals surface area contributed by atoms with Gasteiger partial charge in [0.2, 0.25) is 5.91 Å². The molecule has 2 atom stereocenters. The SMILES string of the molecule is CC1CC1c1ccc(CNCc2cccc(NC(=O)C3CCC3)c2)o1. The van der Waals surface area contributed by atoms with Crippen molar-refractivity contribution >= 4 is 11.6 Å². The van der Waals surface area contributed by atoms with E-state index in [2.05, 4.69) is 35.8 Å². The Morgan fingerprint density at radius 2 is 2.04 bits per heavy atom. The van der Waals surface area contributed by atoms with Crippen molar-refractivity contribution in [2.45, 2.75) is 51.6 Å². The molecule has 2 fully saturated rings. The topological polar surface area (TPSA) is 54.3 Å². The summed E-state index contributed by atoms with van der Waals surface area (Å²) in [5, 5.41) is 6.46. The lowest BCUT2D eigenvalue weighted by Crippen LogP contribution is -2.28. The van der Waals surface area contributed by atoms with E-state index < -0.39 is 0 Å². The van der Waals surface area contributed by atoms with Gasteiger partial charge in [-0.1, -0.05) is 25.5 Å². The van der Waals surface area contributed by atoms with Crippen LogP contribution in [0.1, 0.15) is 55.6 Å². The molecule has 2 aliphatic carbocycles. The molecule has 1 aromatic carbocycles. The van der Waals surface area contributed by atoms with Crippen LogP contribution in [0.25, 0.3) is 0 Å². The number of hydrogen-bond donors (Lipinski definition) is 2. The molecule has 1 heterocycles. The van der Waals surface area contributed by atoms with Gasteiger partial charge in [-0.3, -0.25) is 4.79 Å². The number of furan rings is 1. The molecule has 132 valence electrons. The van der Waals surface area contributed by atoms with Crippen LogP contribution in [0, 0.1) is 11.8 Å². The largest absolute Gasteiger partial charge is 0.464 e. The molecular formula is C21H26N2O2. The molecule has 4 nitrogen and oxygen atoms in total. The predicted octanol–water partition coefficient (Wildman–Crippen LogP) is 4.43. The Kier molecular flexibility index (Phi) is 4.62. The van der Waals surface area contributed by atoms with Crippen molar-refractivity contribution < 1.29 is 9.21 Å². The van der Waals surface area contributed by atoms with Gasteiger partial charge in [0.1, 0.15) is 11.5 Å². The van der Waals surface area contributed by atoms with Gasteiger partial charge < -0.3 is 15.1 Å². The van der Waals surface area contributed by atoms with E-state index >= 15 is 0 Å². The van der Waals surface area contributed by atoms with Gasteiger partial charge in [-0.05, 0) is 55.0 Å². The van der Waals surface area contributed by atoms with Crippen LogP contribution in [0.15, 0.2) is 40.8 Å². The highest BCUT2D eigenvalue weighted by molar-refractivity contribution is 5.93. The van der Waals surface area contributed by atoms with Gasteiger partial charge in [-0.25, -0.2) is 0 Å². The van der Waals surface area contributed by atoms with Crippen molar-refractivity contribution in [3.63, 3.8) is 0 Å². The third kappa shape index (κ3) is 3.96. The van der Waals surface area contributed by atoms with Crippen LogP contribution in [-0.4, -0.2) is 5.91 Å². The molecule has 1 aromatic heterocycles. The van der Waals surface area contributed by atoms with E-state index in [4.69, 9.17) is 4.42 Å². The van der Waals surface area contributed by atoms with Crippen molar-refractivity contribution in [3.8, 4) is 0 Å². The molecule has 2 N–H and O–H groups in total. The Bertz CT molecular complexity index is 748. The molecule has 1 amide bonds. The van der Waals surface area contributed by atoms with Crippen LogP contribution in [0.5, 0.6) is 0 Å². The maximum Gasteiger partial charge on any atom is 0.227 e. The first-order chi connectivity index (χ1) is 12.2. The van der Waals surface area contributed by atoms with E-state index in [1.165, 1.54) is 12.8 Å². The summed E-state index contributed by atoms with van der Waals surface area (Å²) in [5.41, 5.74) is 2.05. The molecule has 0 bridgehead atoms. The predicted molar refractivity (Wildman–Crippen MR) is 98.2 cm³/mol. The number of anilines is 1. The molecular weight excluding hydrogens is 312 g/mol. The first-order valence-corrected chi connectivity index (χ1v) is 9.38. The minimum absolute atomic E-state index is 0.161. The molecule has 2 unspecified atom stereocenters. The summed E-state index contributed by atoms with van der Waals surface area (Å²) in [6.07, 6.45) is 4.48. The summed E-state index contributed by atoms with van der Waals surface area (Å²) in [4.78, 5) is 12.1. The van der Waals surface area contributed by atoms with Gasteiger partial charge in [0.15, 0.2) is 0 Å². The van der Waals surface area contributed by atoms with Crippen LogP contribution in [0.2, 0.25) is 0 Å². The van der Waals surface area contributed by atoms with Gasteiger partial charge in [0, 0.05) is 24.1 Å². The zero-order valence-corrected chi connectivity index (χ0v) is 14.8. The highest BCUT2D eigenvalue weighted by Crippen LogP contribution is 2.47. The fourth-order valence-corrected chi connectivity index (χ4v) is 3.41. The smallest absolute Gasteiger partial charge is 0.227 e. The Morgan fingerprint density at radius 1 is 1.20 bits per heavy atom. The second-order valence-corrected chi connectivity index (χ2v) is 7.54. The van der Waals surface area contributed by atoms with Gasteiger partial charge in [0.05, 0.1) is 6.54 Å². The molecule has 0 aliphatic heterocycles. The van der Waals surface area contributed by atoms with Crippen LogP contribution < -0.4 is 10.6 Å². The van der Waals surface area contributed by atoms with E-state index in [1.54, 1.807) is 0 Å². The first kappa shape index (κ1) is 16.4. The third-order valence-electron chi connectivity index (χ3n) is 5.46. The van der Waals surface area contributed by atoms with Gasteiger partial charge in [-0.15, -0.1) is 0 Å². The Balaban J connectivity index is 1.27. The molecule has 0 radical (unpaired) electrons. The maximum absolute atomic E-state index is 12.1. The summed E-state index contributed by atoms with van der Waals surface area (Å²) >= 11 is 0. The molecule has 25 heavy (non-hydrogen) atoms. The van der Waals surface area contributed by atoms with Crippen LogP contribution in [-0.2, 0) is 17.9 Å². The number of hydrogen-bond acceptors (Lipinski definition) is 3. The van der Waals surface area contributed by atoms with Gasteiger partial charge in [-0.2, -0.15) is 0 Å². The molecule has 2 aliphatic rings. The zero-order valence-electron chi connectivity index (χ0n) is 14.8. The van der Waals surface area contributed by atoms with E-state index in [9.17, 15) is 4.79 Å². The number of amides is 1. The van der Waals surface area contributed by atoms with Gasteiger partial charge >= 0.3 is 0 Å². The normalized spacial score (nSPS) is 22.4. The second-order valence-electron chi connectivity index (χ2n) is 7.54. The highest BCUT2D eigenvalue weighted by atomic mass is 16.3. The van der Waals surface area contributed by atoms with Crippen molar-refractivity contribution in [1.82, 2.24) is 5.32 Å². The third-order valence-corrected chi connectivity index (χ3v) is 5.46. The quantitative estimate of drug-likeness (QED) is 0.785. The summed E-state index contributed by atoms with van der Waals surface area (Å²) in [7, 11) is 0. The average Bonchev–Trinajstić information content (AvgIpc) is 3.08. The molecule has 0 spiro atoms. The molecule has 2 saturated carbocycles. The van der Waals surface area contributed by atoms with Crippen molar-refractivity contribution in [1.29, 1.82) is 0 Å². The van der Waals surface area contributed by atoms with Crippen LogP contribution in [0.4, 0.5) is 5.69 Å². The summed E-state index contributed by atoms with van der Waals surface area (Å²) in [6.45, 7) is 3.74. The fourth-order valence-electron chi connectivity index (χ4n) is 3.41. The maximum atomic E-state index is 12.1. The number of benzene rings is 1. The molecule has 2 aromatic rings. The highest BCUT2D eigenvalue weighted by Gasteiger charge is 2.36. The lowest BCUT2D eigenvalue weighted by molar-refractivity contribution is -0.122. The minimum atomic E-state index is 0.161. The minimum Gasteiger partial charge on any atom is -0.464 e. The average molecular weight is 338 g/mol. The lowest BCUT2D eigenvalue weighted by atomic mass is 9.85. The summed E-state index contributed by atoms with van der Waals surface area (Å²) in [5.74, 6) is 3.89. The van der Waals surface area contributed by atoms with Crippen molar-refractivity contribution in [2.75, 3.05) is 5.32 Å². The Morgan fingerprint density at radius 3 is 2.76 bits per heavy atom. The fraction of sp³-hybridized carbons (Fsp3) is 0.476. The standard InChI is InChI=1S/C21H26N2O2/c1-14-10-19(14)20-9-8-18(25-20)13-22-12-15-4-2-7-17(11-15)23-21(24)16-5-3-6-16/h2,4,7-9,11,14,16,19,22H,3,5-6,10,12-13H2,1H3,(H,23,24). The van der Waals surface area contributed by atoms with E-state index in [1.807, 2.05) is 18.2 Å². The molecule has 4 rings (SSSR count). The van der Waals surface area contributed by atoms with Crippen molar-refractivity contribution in [2.24, 2.45) is 11.8 Å². The first-order valence-electron chi connectivity index (χ1n) is 9.38. The zero-order chi connectivity index (χ0) is 17.2. The molecule has 4 heteroatoms. The van der Waals surface area contributed by atoms with E-state index in [-0.39, 0.29) is 11.8 Å². The second kappa shape index (κ2) is 7.04. The van der Waals surface area contributed by atoms with Crippen LogP contribution in [0.3, 0.4) is 0 Å². The molecule has 0 saturated heterocycles.